The maximum atomic E-state index is 12.6. The maximum absolute atomic E-state index is 12.6. The number of nitrogens with zero attached hydrogens (tertiary/aromatic N) is 1. The summed E-state index contributed by atoms with van der Waals surface area (Å²) >= 11 is 0. The van der Waals surface area contributed by atoms with E-state index >= 15 is 0 Å². The van der Waals surface area contributed by atoms with Gasteiger partial charge in [-0.25, -0.2) is 0 Å². The van der Waals surface area contributed by atoms with Crippen molar-refractivity contribution >= 4 is 5.78 Å². The summed E-state index contributed by atoms with van der Waals surface area (Å²) in [6.45, 7) is 2.20. The van der Waals surface area contributed by atoms with Gasteiger partial charge in [-0.2, -0.15) is 0 Å². The second-order valence-electron chi connectivity index (χ2n) is 5.17. The maximum Gasteiger partial charge on any atom is 0.182 e. The van der Waals surface area contributed by atoms with Crippen LogP contribution in [0.2, 0.25) is 0 Å². The highest BCUT2D eigenvalue weighted by molar-refractivity contribution is 6.00. The first kappa shape index (κ1) is 15.2. The Bertz CT molecular complexity index is 413. The van der Waals surface area contributed by atoms with E-state index in [1.54, 1.807) is 14.2 Å². The number of likely N-dealkylation sites (tertiary alicyclic amines) is 1. The Kier molecular flexibility index (Phi) is 5.71. The highest BCUT2D eigenvalue weighted by Crippen LogP contribution is 2.18. The normalized spacial score (nSPS) is 18.9. The van der Waals surface area contributed by atoms with Gasteiger partial charge in [0.15, 0.2) is 5.78 Å². The minimum Gasteiger partial charge on any atom is -0.383 e. The van der Waals surface area contributed by atoms with Gasteiger partial charge >= 0.3 is 0 Å². The van der Waals surface area contributed by atoms with Crippen LogP contribution >= 0.6 is 0 Å². The number of ketones is 1. The first-order valence-electron chi connectivity index (χ1n) is 7.11. The van der Waals surface area contributed by atoms with Gasteiger partial charge in [-0.15, -0.1) is 0 Å². The Morgan fingerprint density at radius 3 is 2.45 bits per heavy atom. The van der Waals surface area contributed by atoms with Crippen LogP contribution in [0.4, 0.5) is 0 Å². The third-order valence-electron chi connectivity index (χ3n) is 3.94. The number of piperidine rings is 1. The molecule has 0 N–H and O–H groups in total. The average molecular weight is 277 g/mol. The van der Waals surface area contributed by atoms with Crippen molar-refractivity contribution < 1.29 is 14.3 Å². The smallest absolute Gasteiger partial charge is 0.182 e. The van der Waals surface area contributed by atoms with E-state index in [2.05, 4.69) is 4.90 Å². The zero-order valence-corrected chi connectivity index (χ0v) is 12.2. The van der Waals surface area contributed by atoms with Gasteiger partial charge in [-0.05, 0) is 12.8 Å². The molecule has 2 rings (SSSR count). The van der Waals surface area contributed by atoms with Crippen LogP contribution in [0.15, 0.2) is 30.3 Å². The molecule has 0 bridgehead atoms. The lowest BCUT2D eigenvalue weighted by atomic mass is 9.99. The molecule has 110 valence electrons. The first-order chi connectivity index (χ1) is 9.76. The molecule has 4 nitrogen and oxygen atoms in total. The number of rotatable bonds is 6. The van der Waals surface area contributed by atoms with Crippen molar-refractivity contribution in [3.63, 3.8) is 0 Å². The molecule has 1 saturated heterocycles. The first-order valence-corrected chi connectivity index (χ1v) is 7.11. The van der Waals surface area contributed by atoms with Crippen LogP contribution in [0, 0.1) is 0 Å². The van der Waals surface area contributed by atoms with Crippen LogP contribution < -0.4 is 0 Å². The zero-order chi connectivity index (χ0) is 14.4. The second-order valence-corrected chi connectivity index (χ2v) is 5.17. The van der Waals surface area contributed by atoms with Gasteiger partial charge in [0, 0.05) is 32.9 Å². The molecule has 0 radical (unpaired) electrons. The lowest BCUT2D eigenvalue weighted by Gasteiger charge is -2.36. The van der Waals surface area contributed by atoms with Crippen LogP contribution in [0.1, 0.15) is 23.2 Å². The molecule has 4 heteroatoms. The summed E-state index contributed by atoms with van der Waals surface area (Å²) < 4.78 is 10.6. The molecule has 20 heavy (non-hydrogen) atoms. The van der Waals surface area contributed by atoms with Gasteiger partial charge in [0.25, 0.3) is 0 Å². The highest BCUT2D eigenvalue weighted by atomic mass is 16.5. The predicted molar refractivity (Wildman–Crippen MR) is 78.0 cm³/mol. The molecule has 1 aromatic carbocycles. The molecule has 1 fully saturated rings. The van der Waals surface area contributed by atoms with Gasteiger partial charge in [0.2, 0.25) is 0 Å². The van der Waals surface area contributed by atoms with E-state index in [-0.39, 0.29) is 11.8 Å². The highest BCUT2D eigenvalue weighted by Gasteiger charge is 2.30. The van der Waals surface area contributed by atoms with Crippen LogP contribution in [-0.4, -0.2) is 56.7 Å². The van der Waals surface area contributed by atoms with Gasteiger partial charge in [-0.1, -0.05) is 30.3 Å². The molecule has 0 spiro atoms. The molecular weight excluding hydrogens is 254 g/mol. The minimum atomic E-state index is -0.194. The fraction of sp³-hybridized carbons (Fsp3) is 0.562. The molecule has 0 aromatic heterocycles. The minimum absolute atomic E-state index is 0.142. The summed E-state index contributed by atoms with van der Waals surface area (Å²) in [4.78, 5) is 14.8. The number of carbonyl (C=O) groups is 1. The molecule has 1 unspecified atom stereocenters. The lowest BCUT2D eigenvalue weighted by Crippen LogP contribution is -2.49. The summed E-state index contributed by atoms with van der Waals surface area (Å²) in [5.41, 5.74) is 0.753. The third kappa shape index (κ3) is 3.66. The lowest BCUT2D eigenvalue weighted by molar-refractivity contribution is 0.0124. The van der Waals surface area contributed by atoms with Crippen LogP contribution in [0.3, 0.4) is 0 Å². The van der Waals surface area contributed by atoms with Gasteiger partial charge in [0.1, 0.15) is 0 Å². The van der Waals surface area contributed by atoms with Crippen molar-refractivity contribution in [1.29, 1.82) is 0 Å². The zero-order valence-electron chi connectivity index (χ0n) is 12.2. The van der Waals surface area contributed by atoms with Crippen LogP contribution in [0.5, 0.6) is 0 Å². The number of methoxy groups -OCH3 is 2. The standard InChI is InChI=1S/C16H23NO3/c1-19-12-15(16(18)13-6-4-3-5-7-13)17-10-8-14(20-2)9-11-17/h3-7,14-15H,8-12H2,1-2H3. The van der Waals surface area contributed by atoms with E-state index in [9.17, 15) is 4.79 Å². The summed E-state index contributed by atoms with van der Waals surface area (Å²) in [6.07, 6.45) is 2.26. The summed E-state index contributed by atoms with van der Waals surface area (Å²) in [5.74, 6) is 0.142. The summed E-state index contributed by atoms with van der Waals surface area (Å²) in [5, 5.41) is 0. The summed E-state index contributed by atoms with van der Waals surface area (Å²) in [6, 6.07) is 9.26. The largest absolute Gasteiger partial charge is 0.383 e. The van der Waals surface area contributed by atoms with Gasteiger partial charge in [-0.3, -0.25) is 9.69 Å². The number of hydrogen-bond acceptors (Lipinski definition) is 4. The number of carbonyl (C=O) groups excluding carboxylic acids is 1. The van der Waals surface area contributed by atoms with Crippen molar-refractivity contribution in [2.24, 2.45) is 0 Å². The molecule has 1 aliphatic heterocycles. The Morgan fingerprint density at radius 2 is 1.90 bits per heavy atom. The van der Waals surface area contributed by atoms with Crippen LogP contribution in [0.25, 0.3) is 0 Å². The van der Waals surface area contributed by atoms with E-state index in [1.807, 2.05) is 30.3 Å². The number of hydrogen-bond donors (Lipinski definition) is 0. The van der Waals surface area contributed by atoms with E-state index < -0.39 is 0 Å². The monoisotopic (exact) mass is 277 g/mol. The number of benzene rings is 1. The number of Topliss-reactive ketones (excluding diaryl/α,β-unsaturated/α-hetero) is 1. The fourth-order valence-corrected chi connectivity index (χ4v) is 2.72. The molecule has 1 heterocycles. The Balaban J connectivity index is 2.05. The Morgan fingerprint density at radius 1 is 1.25 bits per heavy atom. The molecule has 1 atom stereocenters. The average Bonchev–Trinajstić information content (AvgIpc) is 2.53. The predicted octanol–water partition coefficient (Wildman–Crippen LogP) is 2.00. The van der Waals surface area contributed by atoms with Crippen molar-refractivity contribution in [1.82, 2.24) is 4.90 Å². The quantitative estimate of drug-likeness (QED) is 0.746. The van der Waals surface area contributed by atoms with Gasteiger partial charge < -0.3 is 9.47 Å². The van der Waals surface area contributed by atoms with Crippen molar-refractivity contribution in [2.45, 2.75) is 25.0 Å². The third-order valence-corrected chi connectivity index (χ3v) is 3.94. The van der Waals surface area contributed by atoms with E-state index in [1.165, 1.54) is 0 Å². The van der Waals surface area contributed by atoms with E-state index in [4.69, 9.17) is 9.47 Å². The van der Waals surface area contributed by atoms with E-state index in [0.717, 1.165) is 31.5 Å². The SMILES string of the molecule is COCC(C(=O)c1ccccc1)N1CCC(OC)CC1. The molecular formula is C16H23NO3. The Labute approximate surface area is 120 Å². The Hall–Kier alpha value is -1.23. The number of ether oxygens (including phenoxy) is 2. The van der Waals surface area contributed by atoms with Crippen molar-refractivity contribution in [3.8, 4) is 0 Å². The van der Waals surface area contributed by atoms with E-state index in [0.29, 0.717) is 12.7 Å². The molecule has 1 aromatic rings. The van der Waals surface area contributed by atoms with Crippen molar-refractivity contribution in [3.05, 3.63) is 35.9 Å². The van der Waals surface area contributed by atoms with Gasteiger partial charge in [0.05, 0.1) is 18.8 Å². The topological polar surface area (TPSA) is 38.8 Å². The van der Waals surface area contributed by atoms with Crippen molar-refractivity contribution in [2.75, 3.05) is 33.9 Å². The molecule has 0 amide bonds. The molecule has 1 aliphatic rings. The second kappa shape index (κ2) is 7.53. The molecule has 0 saturated carbocycles. The van der Waals surface area contributed by atoms with Crippen LogP contribution in [-0.2, 0) is 9.47 Å². The molecule has 0 aliphatic carbocycles. The summed E-state index contributed by atoms with van der Waals surface area (Å²) in [7, 11) is 3.40. The fourth-order valence-electron chi connectivity index (χ4n) is 2.72.